The first-order chi connectivity index (χ1) is 6.10. The van der Waals surface area contributed by atoms with E-state index < -0.39 is 0 Å². The Morgan fingerprint density at radius 3 is 2.62 bits per heavy atom. The van der Waals surface area contributed by atoms with Gasteiger partial charge in [0.05, 0.1) is 0 Å². The predicted octanol–water partition coefficient (Wildman–Crippen LogP) is 2.16. The zero-order valence-corrected chi connectivity index (χ0v) is 9.20. The molecule has 0 saturated carbocycles. The molecule has 0 saturated heterocycles. The fraction of sp³-hybridized carbons (Fsp3) is 0.556. The molecular formula is C9H16N2OS. The maximum Gasteiger partial charge on any atom is 0.222 e. The van der Waals surface area contributed by atoms with Gasteiger partial charge in [-0.25, -0.2) is 4.99 Å². The van der Waals surface area contributed by atoms with Crippen molar-refractivity contribution in [2.45, 2.75) is 26.7 Å². The molecule has 0 radical (unpaired) electrons. The first-order valence-electron chi connectivity index (χ1n) is 4.18. The van der Waals surface area contributed by atoms with Gasteiger partial charge in [-0.3, -0.25) is 4.79 Å². The number of nitrogens with one attached hydrogen (secondary N) is 1. The standard InChI is InChI=1S/C9H16N2OS/c1-5-6-7(2)10-9(13-4)11-8(3)12/h2,5-6H2,1,3-4H3,(H,10,11,12). The summed E-state index contributed by atoms with van der Waals surface area (Å²) in [5, 5.41) is 3.25. The largest absolute Gasteiger partial charge is 0.305 e. The van der Waals surface area contributed by atoms with Crippen molar-refractivity contribution < 1.29 is 4.79 Å². The number of thioether (sulfide) groups is 1. The molecule has 0 unspecified atom stereocenters. The van der Waals surface area contributed by atoms with Crippen LogP contribution in [0.3, 0.4) is 0 Å². The maximum atomic E-state index is 10.7. The number of hydrogen-bond acceptors (Lipinski definition) is 3. The molecule has 1 N–H and O–H groups in total. The van der Waals surface area contributed by atoms with Crippen molar-refractivity contribution >= 4 is 22.8 Å². The van der Waals surface area contributed by atoms with E-state index in [1.54, 1.807) is 0 Å². The van der Waals surface area contributed by atoms with Gasteiger partial charge in [-0.15, -0.1) is 0 Å². The Hall–Kier alpha value is -0.770. The average molecular weight is 200 g/mol. The van der Waals surface area contributed by atoms with Gasteiger partial charge in [0.25, 0.3) is 0 Å². The van der Waals surface area contributed by atoms with Crippen LogP contribution in [-0.2, 0) is 4.79 Å². The van der Waals surface area contributed by atoms with Gasteiger partial charge in [0, 0.05) is 12.6 Å². The van der Waals surface area contributed by atoms with Gasteiger partial charge in [-0.2, -0.15) is 0 Å². The lowest BCUT2D eigenvalue weighted by Crippen LogP contribution is -2.25. The first kappa shape index (κ1) is 12.2. The van der Waals surface area contributed by atoms with Crippen molar-refractivity contribution in [1.82, 2.24) is 5.32 Å². The second-order valence-electron chi connectivity index (χ2n) is 2.62. The highest BCUT2D eigenvalue weighted by Gasteiger charge is 1.99. The van der Waals surface area contributed by atoms with Crippen molar-refractivity contribution in [1.29, 1.82) is 0 Å². The molecule has 0 spiro atoms. The van der Waals surface area contributed by atoms with Crippen molar-refractivity contribution in [3.8, 4) is 0 Å². The number of carbonyl (C=O) groups excluding carboxylic acids is 1. The quantitative estimate of drug-likeness (QED) is 0.560. The highest BCUT2D eigenvalue weighted by Crippen LogP contribution is 2.06. The number of amidine groups is 1. The number of nitrogens with zero attached hydrogens (tertiary/aromatic N) is 1. The third-order valence-electron chi connectivity index (χ3n) is 1.27. The van der Waals surface area contributed by atoms with E-state index >= 15 is 0 Å². The molecule has 0 aliphatic heterocycles. The third-order valence-corrected chi connectivity index (χ3v) is 1.85. The number of hydrogen-bond donors (Lipinski definition) is 1. The van der Waals surface area contributed by atoms with Crippen LogP contribution in [0.25, 0.3) is 0 Å². The summed E-state index contributed by atoms with van der Waals surface area (Å²) in [5.74, 6) is -0.0996. The number of amides is 1. The van der Waals surface area contributed by atoms with Gasteiger partial charge >= 0.3 is 0 Å². The van der Waals surface area contributed by atoms with Gasteiger partial charge in [0.15, 0.2) is 5.17 Å². The van der Waals surface area contributed by atoms with E-state index in [0.29, 0.717) is 5.17 Å². The van der Waals surface area contributed by atoms with Crippen LogP contribution in [0.15, 0.2) is 17.3 Å². The van der Waals surface area contributed by atoms with Crippen molar-refractivity contribution in [2.24, 2.45) is 4.99 Å². The summed E-state index contributed by atoms with van der Waals surface area (Å²) in [6.45, 7) is 7.32. The van der Waals surface area contributed by atoms with Gasteiger partial charge in [0.1, 0.15) is 0 Å². The third kappa shape index (κ3) is 6.40. The molecule has 3 nitrogen and oxygen atoms in total. The van der Waals surface area contributed by atoms with E-state index in [-0.39, 0.29) is 5.91 Å². The molecule has 74 valence electrons. The van der Waals surface area contributed by atoms with Gasteiger partial charge in [-0.1, -0.05) is 31.7 Å². The molecule has 4 heteroatoms. The van der Waals surface area contributed by atoms with Gasteiger partial charge in [-0.05, 0) is 12.7 Å². The number of carbonyl (C=O) groups is 1. The Balaban J connectivity index is 4.20. The molecular weight excluding hydrogens is 184 g/mol. The molecule has 0 aliphatic carbocycles. The van der Waals surface area contributed by atoms with E-state index in [1.165, 1.54) is 18.7 Å². The molecule has 1 amide bonds. The van der Waals surface area contributed by atoms with Gasteiger partial charge < -0.3 is 5.32 Å². The Labute approximate surface area is 83.7 Å². The minimum absolute atomic E-state index is 0.0996. The van der Waals surface area contributed by atoms with Crippen molar-refractivity contribution in [3.05, 3.63) is 12.3 Å². The van der Waals surface area contributed by atoms with Crippen LogP contribution in [-0.4, -0.2) is 17.3 Å². The Morgan fingerprint density at radius 2 is 2.23 bits per heavy atom. The lowest BCUT2D eigenvalue weighted by Gasteiger charge is -2.04. The smallest absolute Gasteiger partial charge is 0.222 e. The van der Waals surface area contributed by atoms with E-state index in [0.717, 1.165) is 18.5 Å². The van der Waals surface area contributed by atoms with Crippen LogP contribution in [0.5, 0.6) is 0 Å². The van der Waals surface area contributed by atoms with E-state index in [1.807, 2.05) is 6.26 Å². The normalized spacial score (nSPS) is 11.2. The van der Waals surface area contributed by atoms with Crippen LogP contribution in [0, 0.1) is 0 Å². The van der Waals surface area contributed by atoms with Crippen LogP contribution >= 0.6 is 11.8 Å². The van der Waals surface area contributed by atoms with Crippen LogP contribution in [0.2, 0.25) is 0 Å². The minimum Gasteiger partial charge on any atom is -0.305 e. The summed E-state index contributed by atoms with van der Waals surface area (Å²) >= 11 is 1.41. The SMILES string of the molecule is C=C(CCC)N=C(NC(C)=O)SC. The Kier molecular flexibility index (Phi) is 6.32. The zero-order chi connectivity index (χ0) is 10.3. The highest BCUT2D eigenvalue weighted by atomic mass is 32.2. The molecule has 13 heavy (non-hydrogen) atoms. The molecule has 0 rings (SSSR count). The predicted molar refractivity (Wildman–Crippen MR) is 58.8 cm³/mol. The molecule has 0 aromatic carbocycles. The van der Waals surface area contributed by atoms with Gasteiger partial charge in [0.2, 0.25) is 5.91 Å². The zero-order valence-electron chi connectivity index (χ0n) is 8.39. The molecule has 0 fully saturated rings. The van der Waals surface area contributed by atoms with Crippen LogP contribution in [0.1, 0.15) is 26.7 Å². The second kappa shape index (κ2) is 6.71. The summed E-state index contributed by atoms with van der Waals surface area (Å²) in [6, 6.07) is 0. The lowest BCUT2D eigenvalue weighted by atomic mass is 10.3. The highest BCUT2D eigenvalue weighted by molar-refractivity contribution is 8.13. The maximum absolute atomic E-state index is 10.7. The number of aliphatic imine (C=N–C) groups is 1. The Bertz CT molecular complexity index is 224. The molecule has 0 heterocycles. The lowest BCUT2D eigenvalue weighted by molar-refractivity contribution is -0.117. The van der Waals surface area contributed by atoms with Crippen molar-refractivity contribution in [3.63, 3.8) is 0 Å². The van der Waals surface area contributed by atoms with Crippen LogP contribution in [0.4, 0.5) is 0 Å². The number of rotatable bonds is 3. The summed E-state index contributed by atoms with van der Waals surface area (Å²) < 4.78 is 0. The number of allylic oxidation sites excluding steroid dienone is 1. The van der Waals surface area contributed by atoms with E-state index in [4.69, 9.17) is 0 Å². The minimum atomic E-state index is -0.0996. The fourth-order valence-electron chi connectivity index (χ4n) is 0.763. The second-order valence-corrected chi connectivity index (χ2v) is 3.41. The Morgan fingerprint density at radius 1 is 1.62 bits per heavy atom. The van der Waals surface area contributed by atoms with E-state index in [2.05, 4.69) is 23.8 Å². The molecule has 0 atom stereocenters. The molecule has 0 aliphatic rings. The first-order valence-corrected chi connectivity index (χ1v) is 5.40. The summed E-state index contributed by atoms with van der Waals surface area (Å²) in [6.07, 6.45) is 3.75. The van der Waals surface area contributed by atoms with E-state index in [9.17, 15) is 4.79 Å². The summed E-state index contributed by atoms with van der Waals surface area (Å²) in [4.78, 5) is 14.9. The molecule has 0 aromatic rings. The monoisotopic (exact) mass is 200 g/mol. The topological polar surface area (TPSA) is 41.5 Å². The van der Waals surface area contributed by atoms with Crippen molar-refractivity contribution in [2.75, 3.05) is 6.26 Å². The fourth-order valence-corrected chi connectivity index (χ4v) is 1.23. The summed E-state index contributed by atoms with van der Waals surface area (Å²) in [5.41, 5.74) is 0.806. The molecule has 0 bridgehead atoms. The molecule has 0 aromatic heterocycles. The van der Waals surface area contributed by atoms with Crippen LogP contribution < -0.4 is 5.32 Å². The average Bonchev–Trinajstić information content (AvgIpc) is 2.02. The summed E-state index contributed by atoms with van der Waals surface area (Å²) in [7, 11) is 0.